The third kappa shape index (κ3) is 5.08. The number of benzene rings is 1. The van der Waals surface area contributed by atoms with Gasteiger partial charge in [-0.2, -0.15) is 5.26 Å². The number of amides is 1. The summed E-state index contributed by atoms with van der Waals surface area (Å²) in [5.74, 6) is 1.28. The fraction of sp³-hybridized carbons (Fsp3) is 0.500. The fourth-order valence-corrected chi connectivity index (χ4v) is 5.69. The Kier molecular flexibility index (Phi) is 7.44. The van der Waals surface area contributed by atoms with Gasteiger partial charge in [-0.25, -0.2) is 0 Å². The lowest BCUT2D eigenvalue weighted by Gasteiger charge is -2.34. The van der Waals surface area contributed by atoms with E-state index in [9.17, 15) is 14.9 Å². The molecular weight excluding hydrogens is 480 g/mol. The quantitative estimate of drug-likeness (QED) is 0.425. The van der Waals surface area contributed by atoms with Gasteiger partial charge in [-0.05, 0) is 48.9 Å². The zero-order valence-electron chi connectivity index (χ0n) is 23.7. The molecule has 38 heavy (non-hydrogen) atoms. The summed E-state index contributed by atoms with van der Waals surface area (Å²) in [4.78, 5) is 29.7. The van der Waals surface area contributed by atoms with Crippen LogP contribution < -0.4 is 15.0 Å². The number of aromatic nitrogens is 1. The normalized spacial score (nSPS) is 19.6. The Morgan fingerprint density at radius 3 is 2.24 bits per heavy atom. The molecule has 2 aliphatic heterocycles. The molecule has 0 N–H and O–H groups in total. The molecule has 0 saturated carbocycles. The van der Waals surface area contributed by atoms with Crippen molar-refractivity contribution in [3.05, 3.63) is 57.0 Å². The number of allylic oxidation sites excluding steroid dienone is 1. The van der Waals surface area contributed by atoms with Gasteiger partial charge in [0.2, 0.25) is 0 Å². The molecule has 0 spiro atoms. The number of aryl methyl sites for hydroxylation is 1. The van der Waals surface area contributed by atoms with E-state index in [1.807, 2.05) is 57.8 Å². The number of ether oxygens (including phenoxy) is 2. The van der Waals surface area contributed by atoms with Crippen molar-refractivity contribution in [2.45, 2.75) is 59.7 Å². The van der Waals surface area contributed by atoms with Crippen molar-refractivity contribution in [3.63, 3.8) is 0 Å². The first kappa shape index (κ1) is 27.5. The predicted molar refractivity (Wildman–Crippen MR) is 147 cm³/mol. The number of fused-ring (bicyclic) bond motifs is 2. The number of hydrogen-bond acceptors (Lipinski definition) is 6. The first-order valence-electron chi connectivity index (χ1n) is 13.0. The van der Waals surface area contributed by atoms with Crippen LogP contribution in [0, 0.1) is 30.6 Å². The van der Waals surface area contributed by atoms with Crippen molar-refractivity contribution in [2.75, 3.05) is 27.3 Å². The van der Waals surface area contributed by atoms with Crippen LogP contribution in [0.2, 0.25) is 0 Å². The van der Waals surface area contributed by atoms with E-state index >= 15 is 0 Å². The Hall–Kier alpha value is -3.57. The van der Waals surface area contributed by atoms with Crippen molar-refractivity contribution < 1.29 is 14.3 Å². The van der Waals surface area contributed by atoms with Gasteiger partial charge in [0.15, 0.2) is 0 Å². The van der Waals surface area contributed by atoms with Gasteiger partial charge in [-0.1, -0.05) is 26.8 Å². The van der Waals surface area contributed by atoms with Crippen LogP contribution in [-0.4, -0.2) is 59.7 Å². The minimum Gasteiger partial charge on any atom is -0.496 e. The highest BCUT2D eigenvalue weighted by atomic mass is 16.5. The largest absolute Gasteiger partial charge is 0.496 e. The summed E-state index contributed by atoms with van der Waals surface area (Å²) in [5, 5.41) is 9.60. The molecule has 0 radical (unpaired) electrons. The maximum atomic E-state index is 13.1. The number of rotatable bonds is 6. The van der Waals surface area contributed by atoms with Crippen LogP contribution in [-0.2, 0) is 18.4 Å². The van der Waals surface area contributed by atoms with Crippen LogP contribution in [0.1, 0.15) is 43.9 Å². The average Bonchev–Trinajstić information content (AvgIpc) is 3.48. The first-order valence-corrected chi connectivity index (χ1v) is 13.0. The molecule has 1 amide bonds. The second-order valence-corrected chi connectivity index (χ2v) is 11.5. The zero-order chi connectivity index (χ0) is 27.9. The van der Waals surface area contributed by atoms with Gasteiger partial charge in [0.25, 0.3) is 11.5 Å². The number of methoxy groups -OCH3 is 2. The third-order valence-corrected chi connectivity index (χ3v) is 7.75. The minimum atomic E-state index is -0.240. The van der Waals surface area contributed by atoms with Crippen molar-refractivity contribution in [1.29, 1.82) is 5.26 Å². The number of nitriles is 1. The number of pyridine rings is 1. The van der Waals surface area contributed by atoms with Crippen LogP contribution in [0.4, 0.5) is 0 Å². The van der Waals surface area contributed by atoms with Crippen LogP contribution in [0.5, 0.6) is 11.5 Å². The monoisotopic (exact) mass is 518 g/mol. The smallest absolute Gasteiger partial charge is 0.264 e. The molecule has 2 fully saturated rings. The minimum absolute atomic E-state index is 0.00537. The van der Waals surface area contributed by atoms with E-state index in [0.29, 0.717) is 13.1 Å². The second-order valence-electron chi connectivity index (χ2n) is 11.5. The van der Waals surface area contributed by atoms with Crippen LogP contribution in [0.15, 0.2) is 34.8 Å². The average molecular weight is 519 g/mol. The van der Waals surface area contributed by atoms with Crippen molar-refractivity contribution in [1.82, 2.24) is 14.4 Å². The number of carbonyl (C=O) groups is 1. The lowest BCUT2D eigenvalue weighted by atomic mass is 9.93. The fourth-order valence-electron chi connectivity index (χ4n) is 5.69. The number of likely N-dealkylation sites (tertiary alicyclic amines) is 2. The summed E-state index contributed by atoms with van der Waals surface area (Å²) in [6.07, 6.45) is 4.51. The molecular formula is C30H38N4O4. The van der Waals surface area contributed by atoms with Gasteiger partial charge in [0.05, 0.1) is 19.8 Å². The third-order valence-electron chi connectivity index (χ3n) is 7.75. The molecule has 0 aliphatic carbocycles. The Morgan fingerprint density at radius 2 is 1.74 bits per heavy atom. The van der Waals surface area contributed by atoms with Gasteiger partial charge < -0.3 is 18.9 Å². The molecule has 2 saturated heterocycles. The van der Waals surface area contributed by atoms with Crippen molar-refractivity contribution in [3.8, 4) is 28.7 Å². The van der Waals surface area contributed by atoms with Gasteiger partial charge in [-0.15, -0.1) is 0 Å². The number of nitrogens with zero attached hydrogens (tertiary/aromatic N) is 4. The molecule has 8 nitrogen and oxygen atoms in total. The Bertz CT molecular complexity index is 1370. The van der Waals surface area contributed by atoms with E-state index in [1.165, 1.54) is 0 Å². The second kappa shape index (κ2) is 10.3. The summed E-state index contributed by atoms with van der Waals surface area (Å²) < 4.78 is 13.3. The first-order chi connectivity index (χ1) is 17.9. The molecule has 2 unspecified atom stereocenters. The van der Waals surface area contributed by atoms with Crippen LogP contribution >= 0.6 is 0 Å². The molecule has 2 atom stereocenters. The van der Waals surface area contributed by atoms with E-state index in [2.05, 4.69) is 11.0 Å². The summed E-state index contributed by atoms with van der Waals surface area (Å²) in [6.45, 7) is 11.7. The predicted octanol–water partition coefficient (Wildman–Crippen LogP) is 3.97. The molecule has 2 aliphatic rings. The molecule has 8 heteroatoms. The van der Waals surface area contributed by atoms with Crippen molar-refractivity contribution >= 4 is 5.91 Å². The van der Waals surface area contributed by atoms with Gasteiger partial charge in [-0.3, -0.25) is 14.5 Å². The van der Waals surface area contributed by atoms with E-state index in [-0.39, 0.29) is 34.5 Å². The molecule has 2 aromatic rings. The Balaban J connectivity index is 1.59. The molecule has 4 rings (SSSR count). The highest BCUT2D eigenvalue weighted by Gasteiger charge is 2.46. The van der Waals surface area contributed by atoms with E-state index in [0.717, 1.165) is 52.3 Å². The maximum Gasteiger partial charge on any atom is 0.264 e. The molecule has 202 valence electrons. The Labute approximate surface area is 225 Å². The summed E-state index contributed by atoms with van der Waals surface area (Å²) in [6, 6.07) is 6.41. The lowest BCUT2D eigenvalue weighted by molar-refractivity contribution is -0.129. The molecule has 2 bridgehead atoms. The summed E-state index contributed by atoms with van der Waals surface area (Å²) >= 11 is 0. The SMILES string of the molecule is COc1cc(-c2cn(C)c(=O)c(C)c2C)cc(OC)c1CN1CC2CC1CN2C(=O)/C(C#N)=C/C(C)(C)C. The number of hydrogen-bond donors (Lipinski definition) is 0. The van der Waals surface area contributed by atoms with Crippen LogP contribution in [0.3, 0.4) is 0 Å². The topological polar surface area (TPSA) is 87.8 Å². The van der Waals surface area contributed by atoms with Crippen molar-refractivity contribution in [2.24, 2.45) is 12.5 Å². The highest BCUT2D eigenvalue weighted by Crippen LogP contribution is 2.40. The van der Waals surface area contributed by atoms with Gasteiger partial charge in [0, 0.05) is 56.1 Å². The van der Waals surface area contributed by atoms with Gasteiger partial charge in [0.1, 0.15) is 23.1 Å². The van der Waals surface area contributed by atoms with E-state index in [4.69, 9.17) is 9.47 Å². The highest BCUT2D eigenvalue weighted by molar-refractivity contribution is 5.97. The van der Waals surface area contributed by atoms with Gasteiger partial charge >= 0.3 is 0 Å². The maximum absolute atomic E-state index is 13.1. The summed E-state index contributed by atoms with van der Waals surface area (Å²) in [7, 11) is 5.07. The molecule has 1 aromatic carbocycles. The van der Waals surface area contributed by atoms with E-state index in [1.54, 1.807) is 31.9 Å². The molecule has 1 aromatic heterocycles. The van der Waals surface area contributed by atoms with Crippen LogP contribution in [0.25, 0.3) is 11.1 Å². The summed E-state index contributed by atoms with van der Waals surface area (Å²) in [5.41, 5.74) is 4.46. The Morgan fingerprint density at radius 1 is 1.11 bits per heavy atom. The standard InChI is InChI=1S/C30H38N4O4/c1-18-19(2)28(35)32(6)16-24(18)20-9-26(37-7)25(27(10-20)38-8)17-33-14-23-11-22(33)15-34(23)29(36)21(13-31)12-30(3,4)5/h9-10,12,16,22-23H,11,14-15,17H2,1-8H3/b21-12+. The van der Waals surface area contributed by atoms with E-state index < -0.39 is 0 Å². The number of piperazine rings is 1. The zero-order valence-corrected chi connectivity index (χ0v) is 23.7. The lowest BCUT2D eigenvalue weighted by Crippen LogP contribution is -2.48. The molecule has 3 heterocycles. The number of carbonyl (C=O) groups excluding carboxylic acids is 1.